The summed E-state index contributed by atoms with van der Waals surface area (Å²) < 4.78 is 0. The summed E-state index contributed by atoms with van der Waals surface area (Å²) in [5, 5.41) is 5.94. The van der Waals surface area contributed by atoms with Crippen LogP contribution in [0.1, 0.15) is 28.4 Å². The predicted molar refractivity (Wildman–Crippen MR) is 93.0 cm³/mol. The van der Waals surface area contributed by atoms with Gasteiger partial charge in [0.15, 0.2) is 0 Å². The second-order valence-electron chi connectivity index (χ2n) is 5.36. The molecule has 2 aromatic rings. The van der Waals surface area contributed by atoms with Crippen LogP contribution in [-0.4, -0.2) is 18.4 Å². The van der Waals surface area contributed by atoms with E-state index in [2.05, 4.69) is 10.6 Å². The number of hydrogen-bond donors (Lipinski definition) is 2. The van der Waals surface area contributed by atoms with Crippen molar-refractivity contribution in [3.63, 3.8) is 0 Å². The Labute approximate surface area is 140 Å². The predicted octanol–water partition coefficient (Wildman–Crippen LogP) is 3.58. The smallest absolute Gasteiger partial charge is 0.253 e. The highest BCUT2D eigenvalue weighted by Crippen LogP contribution is 2.20. The molecule has 0 aliphatic carbocycles. The molecular formula is C18H19ClN2O2. The first kappa shape index (κ1) is 17.0. The van der Waals surface area contributed by atoms with Gasteiger partial charge >= 0.3 is 0 Å². The molecule has 0 saturated heterocycles. The molecule has 2 amide bonds. The summed E-state index contributed by atoms with van der Waals surface area (Å²) in [6.07, 6.45) is 0.738. The molecule has 0 aromatic heterocycles. The van der Waals surface area contributed by atoms with Crippen molar-refractivity contribution in [2.24, 2.45) is 0 Å². The zero-order chi connectivity index (χ0) is 16.8. The lowest BCUT2D eigenvalue weighted by Crippen LogP contribution is -2.27. The van der Waals surface area contributed by atoms with Crippen LogP contribution < -0.4 is 10.6 Å². The molecule has 0 radical (unpaired) electrons. The zero-order valence-electron chi connectivity index (χ0n) is 13.2. The Morgan fingerprint density at radius 1 is 1.09 bits per heavy atom. The molecule has 0 spiro atoms. The fraction of sp³-hybridized carbons (Fsp3) is 0.222. The summed E-state index contributed by atoms with van der Waals surface area (Å²) in [4.78, 5) is 23.5. The van der Waals surface area contributed by atoms with Crippen LogP contribution >= 0.6 is 11.6 Å². The van der Waals surface area contributed by atoms with E-state index >= 15 is 0 Å². The van der Waals surface area contributed by atoms with Crippen LogP contribution in [0.15, 0.2) is 42.5 Å². The molecule has 0 heterocycles. The summed E-state index contributed by atoms with van der Waals surface area (Å²) in [6, 6.07) is 13.0. The second-order valence-corrected chi connectivity index (χ2v) is 5.80. The molecule has 0 aliphatic heterocycles. The van der Waals surface area contributed by atoms with Crippen molar-refractivity contribution in [3.8, 4) is 0 Å². The molecule has 0 fully saturated rings. The van der Waals surface area contributed by atoms with Gasteiger partial charge in [-0.2, -0.15) is 0 Å². The number of rotatable bonds is 5. The molecule has 5 heteroatoms. The first-order valence-electron chi connectivity index (χ1n) is 7.36. The van der Waals surface area contributed by atoms with Crippen molar-refractivity contribution in [3.05, 3.63) is 64.2 Å². The SMILES string of the molecule is CC(=O)Nc1ccc(Cl)cc1C(=O)NCCc1ccc(C)cc1. The van der Waals surface area contributed by atoms with E-state index in [0.717, 1.165) is 12.0 Å². The Kier molecular flexibility index (Phi) is 5.77. The van der Waals surface area contributed by atoms with Crippen molar-refractivity contribution < 1.29 is 9.59 Å². The normalized spacial score (nSPS) is 10.2. The minimum absolute atomic E-state index is 0.235. The van der Waals surface area contributed by atoms with Gasteiger partial charge in [0.05, 0.1) is 11.3 Å². The van der Waals surface area contributed by atoms with E-state index in [1.165, 1.54) is 12.5 Å². The Morgan fingerprint density at radius 3 is 2.43 bits per heavy atom. The highest BCUT2D eigenvalue weighted by Gasteiger charge is 2.12. The molecule has 0 aliphatic rings. The molecular weight excluding hydrogens is 312 g/mol. The van der Waals surface area contributed by atoms with Gasteiger partial charge in [-0.1, -0.05) is 41.4 Å². The molecule has 23 heavy (non-hydrogen) atoms. The van der Waals surface area contributed by atoms with Crippen molar-refractivity contribution in [1.29, 1.82) is 0 Å². The number of carbonyl (C=O) groups excluding carboxylic acids is 2. The van der Waals surface area contributed by atoms with Gasteiger partial charge in [0.2, 0.25) is 5.91 Å². The number of benzene rings is 2. The number of aryl methyl sites for hydroxylation is 1. The van der Waals surface area contributed by atoms with Gasteiger partial charge in [0.25, 0.3) is 5.91 Å². The fourth-order valence-corrected chi connectivity index (χ4v) is 2.35. The van der Waals surface area contributed by atoms with Crippen LogP contribution in [0.3, 0.4) is 0 Å². The Morgan fingerprint density at radius 2 is 1.78 bits per heavy atom. The van der Waals surface area contributed by atoms with Crippen LogP contribution in [0.4, 0.5) is 5.69 Å². The average molecular weight is 331 g/mol. The number of hydrogen-bond acceptors (Lipinski definition) is 2. The number of nitrogens with one attached hydrogen (secondary N) is 2. The van der Waals surface area contributed by atoms with Crippen LogP contribution in [-0.2, 0) is 11.2 Å². The third-order valence-corrected chi connectivity index (χ3v) is 3.59. The van der Waals surface area contributed by atoms with Gasteiger partial charge in [-0.25, -0.2) is 0 Å². The van der Waals surface area contributed by atoms with Gasteiger partial charge in [-0.05, 0) is 37.1 Å². The average Bonchev–Trinajstić information content (AvgIpc) is 2.50. The summed E-state index contributed by atoms with van der Waals surface area (Å²) in [5.41, 5.74) is 3.17. The van der Waals surface area contributed by atoms with Crippen LogP contribution in [0.2, 0.25) is 5.02 Å². The molecule has 4 nitrogen and oxygen atoms in total. The van der Waals surface area contributed by atoms with Crippen molar-refractivity contribution >= 4 is 29.1 Å². The molecule has 0 atom stereocenters. The topological polar surface area (TPSA) is 58.2 Å². The van der Waals surface area contributed by atoms with Gasteiger partial charge in [-0.3, -0.25) is 9.59 Å². The van der Waals surface area contributed by atoms with E-state index in [4.69, 9.17) is 11.6 Å². The third kappa shape index (κ3) is 5.11. The lowest BCUT2D eigenvalue weighted by atomic mass is 10.1. The maximum atomic E-state index is 12.3. The van der Waals surface area contributed by atoms with Crippen molar-refractivity contribution in [2.45, 2.75) is 20.3 Å². The molecule has 2 aromatic carbocycles. The maximum absolute atomic E-state index is 12.3. The minimum atomic E-state index is -0.261. The molecule has 0 saturated carbocycles. The highest BCUT2D eigenvalue weighted by molar-refractivity contribution is 6.31. The lowest BCUT2D eigenvalue weighted by molar-refractivity contribution is -0.114. The Hall–Kier alpha value is -2.33. The van der Waals surface area contributed by atoms with E-state index < -0.39 is 0 Å². The molecule has 2 rings (SSSR count). The quantitative estimate of drug-likeness (QED) is 0.880. The Balaban J connectivity index is 2.01. The standard InChI is InChI=1S/C18H19ClN2O2/c1-12-3-5-14(6-4-12)9-10-20-18(23)16-11-15(19)7-8-17(16)21-13(2)22/h3-8,11H,9-10H2,1-2H3,(H,20,23)(H,21,22). The van der Waals surface area contributed by atoms with E-state index in [-0.39, 0.29) is 11.8 Å². The van der Waals surface area contributed by atoms with E-state index in [1.54, 1.807) is 18.2 Å². The summed E-state index contributed by atoms with van der Waals surface area (Å²) in [5.74, 6) is -0.496. The van der Waals surface area contributed by atoms with E-state index in [9.17, 15) is 9.59 Å². The molecule has 2 N–H and O–H groups in total. The molecule has 0 unspecified atom stereocenters. The molecule has 120 valence electrons. The zero-order valence-corrected chi connectivity index (χ0v) is 13.9. The number of amides is 2. The third-order valence-electron chi connectivity index (χ3n) is 3.36. The first-order valence-corrected chi connectivity index (χ1v) is 7.74. The van der Waals surface area contributed by atoms with Crippen LogP contribution in [0.25, 0.3) is 0 Å². The van der Waals surface area contributed by atoms with Gasteiger partial charge in [0, 0.05) is 18.5 Å². The summed E-state index contributed by atoms with van der Waals surface area (Å²) in [7, 11) is 0. The maximum Gasteiger partial charge on any atom is 0.253 e. The van der Waals surface area contributed by atoms with E-state index in [0.29, 0.717) is 22.8 Å². The second kappa shape index (κ2) is 7.79. The van der Waals surface area contributed by atoms with Crippen LogP contribution in [0, 0.1) is 6.92 Å². The van der Waals surface area contributed by atoms with Gasteiger partial charge < -0.3 is 10.6 Å². The molecule has 0 bridgehead atoms. The lowest BCUT2D eigenvalue weighted by Gasteiger charge is -2.11. The number of halogens is 1. The Bertz CT molecular complexity index is 711. The van der Waals surface area contributed by atoms with E-state index in [1.807, 2.05) is 31.2 Å². The van der Waals surface area contributed by atoms with Gasteiger partial charge in [0.1, 0.15) is 0 Å². The monoisotopic (exact) mass is 330 g/mol. The summed E-state index contributed by atoms with van der Waals surface area (Å²) >= 11 is 5.95. The van der Waals surface area contributed by atoms with Crippen molar-refractivity contribution in [2.75, 3.05) is 11.9 Å². The number of carbonyl (C=O) groups is 2. The van der Waals surface area contributed by atoms with Crippen LogP contribution in [0.5, 0.6) is 0 Å². The summed E-state index contributed by atoms with van der Waals surface area (Å²) in [6.45, 7) is 3.94. The van der Waals surface area contributed by atoms with Crippen molar-refractivity contribution in [1.82, 2.24) is 5.32 Å². The largest absolute Gasteiger partial charge is 0.352 e. The van der Waals surface area contributed by atoms with Gasteiger partial charge in [-0.15, -0.1) is 0 Å². The number of anilines is 1. The first-order chi connectivity index (χ1) is 11.0. The highest BCUT2D eigenvalue weighted by atomic mass is 35.5. The fourth-order valence-electron chi connectivity index (χ4n) is 2.17. The minimum Gasteiger partial charge on any atom is -0.352 e.